The van der Waals surface area contributed by atoms with Gasteiger partial charge in [-0.15, -0.1) is 0 Å². The number of benzene rings is 1. The number of para-hydroxylation sites is 1. The van der Waals surface area contributed by atoms with Crippen LogP contribution in [0.5, 0.6) is 0 Å². The maximum absolute atomic E-state index is 12.7. The minimum Gasteiger partial charge on any atom is -0.468 e. The second-order valence-electron chi connectivity index (χ2n) is 8.27. The molecule has 182 valence electrons. The molecule has 1 saturated carbocycles. The Kier molecular flexibility index (Phi) is 6.12. The summed E-state index contributed by atoms with van der Waals surface area (Å²) in [5.74, 6) is -0.407. The number of nitrogens with two attached hydrogens (primary N) is 1. The van der Waals surface area contributed by atoms with E-state index in [0.29, 0.717) is 23.4 Å². The molecule has 1 fully saturated rings. The minimum atomic E-state index is -4.30. The lowest BCUT2D eigenvalue weighted by molar-refractivity contribution is -0.142. The second-order valence-corrected chi connectivity index (χ2v) is 9.83. The van der Waals surface area contributed by atoms with E-state index < -0.39 is 19.8 Å². The van der Waals surface area contributed by atoms with Crippen molar-refractivity contribution in [2.24, 2.45) is 5.92 Å². The first-order valence-electron chi connectivity index (χ1n) is 10.9. The fourth-order valence-electron chi connectivity index (χ4n) is 3.96. The van der Waals surface area contributed by atoms with Gasteiger partial charge in [-0.25, -0.2) is 24.6 Å². The van der Waals surface area contributed by atoms with Gasteiger partial charge in [0.25, 0.3) is 0 Å². The van der Waals surface area contributed by atoms with Crippen LogP contribution in [0.3, 0.4) is 0 Å². The molecule has 3 heterocycles. The number of esters is 1. The number of carbonyl (C=O) groups is 1. The summed E-state index contributed by atoms with van der Waals surface area (Å²) in [6, 6.07) is 6.54. The number of nitrogens with one attached hydrogen (secondary N) is 2. The molecule has 5 rings (SSSR count). The molecule has 0 radical (unpaired) electrons. The molecule has 3 atom stereocenters. The highest BCUT2D eigenvalue weighted by atomic mass is 31.2. The number of hydrogen-bond donors (Lipinski definition) is 4. The molecule has 0 aliphatic heterocycles. The largest absolute Gasteiger partial charge is 0.468 e. The number of hydrogen-bond acceptors (Lipinski definition) is 8. The van der Waals surface area contributed by atoms with Crippen LogP contribution in [-0.4, -0.2) is 55.1 Å². The van der Waals surface area contributed by atoms with Gasteiger partial charge in [0.05, 0.1) is 13.7 Å². The van der Waals surface area contributed by atoms with E-state index in [1.54, 1.807) is 17.1 Å². The molecule has 12 nitrogen and oxygen atoms in total. The third kappa shape index (κ3) is 4.96. The van der Waals surface area contributed by atoms with Crippen LogP contribution in [0.25, 0.3) is 28.3 Å². The highest BCUT2D eigenvalue weighted by molar-refractivity contribution is 7.50. The standard InChI is InChI=1S/C22H24N7O5P/c1-33-22(30)18(7-13-8-24-17-5-3-2-4-16(13)17)28-35(31,32)34-10-15-6-14(15)9-29-12-27-19-20(23)25-11-26-21(19)29/h2-5,8-9,11-12,15,18,24H,6-7,10H2,1H3,(H2,23,25,26)(H2,28,31,32)/b14-9-. The van der Waals surface area contributed by atoms with Crippen LogP contribution in [0.2, 0.25) is 0 Å². The first-order chi connectivity index (χ1) is 16.8. The molecule has 0 spiro atoms. The molecule has 3 unspecified atom stereocenters. The Morgan fingerprint density at radius 1 is 1.40 bits per heavy atom. The Bertz CT molecular complexity index is 1480. The molecule has 5 N–H and O–H groups in total. The summed E-state index contributed by atoms with van der Waals surface area (Å²) in [6.07, 6.45) is 7.41. The van der Waals surface area contributed by atoms with Crippen LogP contribution in [0, 0.1) is 5.92 Å². The minimum absolute atomic E-state index is 0.0113. The molecular formula is C22H24N7O5P. The zero-order valence-electron chi connectivity index (χ0n) is 18.8. The number of methoxy groups -OCH3 is 1. The molecule has 4 aromatic rings. The molecular weight excluding hydrogens is 473 g/mol. The number of carbonyl (C=O) groups excluding carboxylic acids is 1. The van der Waals surface area contributed by atoms with Gasteiger partial charge >= 0.3 is 13.7 Å². The Morgan fingerprint density at radius 3 is 3.06 bits per heavy atom. The average Bonchev–Trinajstić information content (AvgIpc) is 3.25. The first kappa shape index (κ1) is 23.2. The highest BCUT2D eigenvalue weighted by Gasteiger charge is 2.35. The number of ether oxygens (including phenoxy) is 1. The predicted molar refractivity (Wildman–Crippen MR) is 129 cm³/mol. The quantitative estimate of drug-likeness (QED) is 0.199. The van der Waals surface area contributed by atoms with Gasteiger partial charge in [0.15, 0.2) is 17.0 Å². The van der Waals surface area contributed by atoms with E-state index in [1.165, 1.54) is 13.4 Å². The summed E-state index contributed by atoms with van der Waals surface area (Å²) in [5, 5.41) is 3.38. The van der Waals surface area contributed by atoms with Gasteiger partial charge in [-0.3, -0.25) is 13.9 Å². The predicted octanol–water partition coefficient (Wildman–Crippen LogP) is 2.24. The van der Waals surface area contributed by atoms with Crippen LogP contribution in [0.4, 0.5) is 5.82 Å². The lowest BCUT2D eigenvalue weighted by atomic mass is 10.1. The van der Waals surface area contributed by atoms with Crippen LogP contribution < -0.4 is 10.8 Å². The number of aromatic amines is 1. The lowest BCUT2D eigenvalue weighted by Crippen LogP contribution is -2.38. The summed E-state index contributed by atoms with van der Waals surface area (Å²) in [6.45, 7) is 0.0113. The van der Waals surface area contributed by atoms with Gasteiger partial charge in [-0.2, -0.15) is 0 Å². The van der Waals surface area contributed by atoms with Crippen molar-refractivity contribution in [2.75, 3.05) is 19.5 Å². The van der Waals surface area contributed by atoms with Gasteiger partial charge < -0.3 is 20.3 Å². The van der Waals surface area contributed by atoms with Crippen molar-refractivity contribution in [3.05, 3.63) is 54.3 Å². The zero-order chi connectivity index (χ0) is 24.6. The van der Waals surface area contributed by atoms with E-state index in [4.69, 9.17) is 15.0 Å². The zero-order valence-corrected chi connectivity index (χ0v) is 19.7. The van der Waals surface area contributed by atoms with E-state index in [-0.39, 0.29) is 18.9 Å². The van der Waals surface area contributed by atoms with Gasteiger partial charge in [0.2, 0.25) is 0 Å². The third-order valence-corrected chi connectivity index (χ3v) is 7.03. The maximum Gasteiger partial charge on any atom is 0.403 e. The van der Waals surface area contributed by atoms with Gasteiger partial charge in [0, 0.05) is 35.6 Å². The van der Waals surface area contributed by atoms with E-state index in [2.05, 4.69) is 25.0 Å². The Balaban J connectivity index is 1.22. The van der Waals surface area contributed by atoms with E-state index >= 15 is 0 Å². The first-order valence-corrected chi connectivity index (χ1v) is 12.4. The maximum atomic E-state index is 12.7. The number of fused-ring (bicyclic) bond motifs is 2. The Morgan fingerprint density at radius 2 is 2.23 bits per heavy atom. The summed E-state index contributed by atoms with van der Waals surface area (Å²) >= 11 is 0. The molecule has 3 aromatic heterocycles. The van der Waals surface area contributed by atoms with Crippen molar-refractivity contribution >= 4 is 47.8 Å². The Hall–Kier alpha value is -3.57. The fraction of sp³-hybridized carbons (Fsp3) is 0.273. The van der Waals surface area contributed by atoms with Crippen molar-refractivity contribution < 1.29 is 23.5 Å². The average molecular weight is 497 g/mol. The van der Waals surface area contributed by atoms with Crippen LogP contribution in [0.15, 0.2) is 48.7 Å². The number of H-pyrrole nitrogens is 1. The number of imidazole rings is 1. The van der Waals surface area contributed by atoms with Gasteiger partial charge in [0.1, 0.15) is 18.7 Å². The lowest BCUT2D eigenvalue weighted by Gasteiger charge is -2.20. The molecule has 0 saturated heterocycles. The molecule has 13 heteroatoms. The number of nitrogens with zero attached hydrogens (tertiary/aromatic N) is 4. The van der Waals surface area contributed by atoms with Crippen molar-refractivity contribution in [1.82, 2.24) is 29.6 Å². The van der Waals surface area contributed by atoms with E-state index in [0.717, 1.165) is 22.0 Å². The van der Waals surface area contributed by atoms with Crippen LogP contribution in [-0.2, 0) is 25.0 Å². The summed E-state index contributed by atoms with van der Waals surface area (Å²) < 4.78 is 24.6. The molecule has 0 bridgehead atoms. The molecule has 1 aliphatic carbocycles. The summed E-state index contributed by atoms with van der Waals surface area (Å²) in [5.41, 5.74) is 9.61. The molecule has 35 heavy (non-hydrogen) atoms. The third-order valence-electron chi connectivity index (χ3n) is 5.89. The summed E-state index contributed by atoms with van der Waals surface area (Å²) in [7, 11) is -3.06. The van der Waals surface area contributed by atoms with Crippen molar-refractivity contribution in [3.63, 3.8) is 0 Å². The van der Waals surface area contributed by atoms with Crippen molar-refractivity contribution in [2.45, 2.75) is 18.9 Å². The fourth-order valence-corrected chi connectivity index (χ4v) is 5.01. The van der Waals surface area contributed by atoms with Crippen molar-refractivity contribution in [1.29, 1.82) is 0 Å². The summed E-state index contributed by atoms with van der Waals surface area (Å²) in [4.78, 5) is 38.2. The van der Waals surface area contributed by atoms with Crippen LogP contribution >= 0.6 is 7.75 Å². The molecule has 1 aromatic carbocycles. The second kappa shape index (κ2) is 9.23. The smallest absolute Gasteiger partial charge is 0.403 e. The van der Waals surface area contributed by atoms with Gasteiger partial charge in [-0.05, 0) is 23.6 Å². The molecule has 0 amide bonds. The van der Waals surface area contributed by atoms with Crippen LogP contribution in [0.1, 0.15) is 12.0 Å². The SMILES string of the molecule is COC(=O)C(Cc1c[nH]c2ccccc12)NP(=O)(O)OCC1C/C1=C/n1cnc2c(N)ncnc21. The number of aromatic nitrogens is 5. The van der Waals surface area contributed by atoms with E-state index in [1.807, 2.05) is 30.5 Å². The molecule has 1 aliphatic rings. The number of anilines is 1. The van der Waals surface area contributed by atoms with Gasteiger partial charge in [-0.1, -0.05) is 18.2 Å². The van der Waals surface area contributed by atoms with Crippen molar-refractivity contribution in [3.8, 4) is 0 Å². The number of rotatable bonds is 9. The number of nitrogen functional groups attached to an aromatic ring is 1. The normalized spacial score (nSPS) is 19.1. The highest BCUT2D eigenvalue weighted by Crippen LogP contribution is 2.45. The van der Waals surface area contributed by atoms with E-state index in [9.17, 15) is 14.3 Å². The topological polar surface area (TPSA) is 170 Å². The Labute approximate surface area is 199 Å². The monoisotopic (exact) mass is 497 g/mol.